The highest BCUT2D eigenvalue weighted by Gasteiger charge is 2.20. The lowest BCUT2D eigenvalue weighted by Gasteiger charge is -2.12. The van der Waals surface area contributed by atoms with E-state index in [9.17, 15) is 4.79 Å². The summed E-state index contributed by atoms with van der Waals surface area (Å²) >= 11 is 0. The van der Waals surface area contributed by atoms with Gasteiger partial charge < -0.3 is 10.2 Å². The number of benzene rings is 1. The molecule has 1 aliphatic heterocycles. The summed E-state index contributed by atoms with van der Waals surface area (Å²) in [6.07, 6.45) is 3.56. The van der Waals surface area contributed by atoms with Gasteiger partial charge in [-0.05, 0) is 44.0 Å². The monoisotopic (exact) mass is 260 g/mol. The summed E-state index contributed by atoms with van der Waals surface area (Å²) in [6.45, 7) is 4.22. The van der Waals surface area contributed by atoms with E-state index in [1.165, 1.54) is 11.1 Å². The standard InChI is InChI=1S/C16H24N2O/c1-3-13-4-6-14(7-5-13)8-9-16(19)17-15-10-11-18(2)12-15/h4-7,15H,3,8-12H2,1-2H3,(H,17,19). The van der Waals surface area contributed by atoms with E-state index in [1.807, 2.05) is 0 Å². The van der Waals surface area contributed by atoms with Crippen molar-refractivity contribution in [1.82, 2.24) is 10.2 Å². The first-order valence-electron chi connectivity index (χ1n) is 7.23. The first-order chi connectivity index (χ1) is 9.17. The Balaban J connectivity index is 1.73. The fourth-order valence-electron chi connectivity index (χ4n) is 2.55. The first-order valence-corrected chi connectivity index (χ1v) is 7.23. The van der Waals surface area contributed by atoms with Gasteiger partial charge in [0.05, 0.1) is 0 Å². The Hall–Kier alpha value is -1.35. The van der Waals surface area contributed by atoms with Crippen molar-refractivity contribution in [2.75, 3.05) is 20.1 Å². The molecule has 0 bridgehead atoms. The van der Waals surface area contributed by atoms with E-state index in [0.29, 0.717) is 12.5 Å². The van der Waals surface area contributed by atoms with Gasteiger partial charge >= 0.3 is 0 Å². The van der Waals surface area contributed by atoms with E-state index in [2.05, 4.69) is 48.5 Å². The Morgan fingerprint density at radius 3 is 2.58 bits per heavy atom. The highest BCUT2D eigenvalue weighted by atomic mass is 16.1. The molecule has 0 spiro atoms. The van der Waals surface area contributed by atoms with Crippen molar-refractivity contribution in [2.24, 2.45) is 0 Å². The number of carbonyl (C=O) groups excluding carboxylic acids is 1. The number of carbonyl (C=O) groups is 1. The van der Waals surface area contributed by atoms with Gasteiger partial charge in [0, 0.05) is 19.0 Å². The quantitative estimate of drug-likeness (QED) is 0.878. The van der Waals surface area contributed by atoms with Crippen molar-refractivity contribution >= 4 is 5.91 Å². The van der Waals surface area contributed by atoms with Crippen LogP contribution in [0.4, 0.5) is 0 Å². The number of hydrogen-bond donors (Lipinski definition) is 1. The minimum Gasteiger partial charge on any atom is -0.352 e. The van der Waals surface area contributed by atoms with Crippen LogP contribution in [0.15, 0.2) is 24.3 Å². The molecule has 1 aromatic carbocycles. The third-order valence-electron chi connectivity index (χ3n) is 3.83. The molecular weight excluding hydrogens is 236 g/mol. The molecule has 1 saturated heterocycles. The molecule has 1 aromatic rings. The minimum absolute atomic E-state index is 0.180. The van der Waals surface area contributed by atoms with Crippen LogP contribution in [-0.2, 0) is 17.6 Å². The number of hydrogen-bond acceptors (Lipinski definition) is 2. The van der Waals surface area contributed by atoms with Crippen LogP contribution in [0.1, 0.15) is 30.9 Å². The van der Waals surface area contributed by atoms with Gasteiger partial charge in [0.15, 0.2) is 0 Å². The maximum absolute atomic E-state index is 11.9. The average Bonchev–Trinajstić information content (AvgIpc) is 2.82. The maximum atomic E-state index is 11.9. The van der Waals surface area contributed by atoms with Crippen molar-refractivity contribution in [2.45, 2.75) is 38.6 Å². The topological polar surface area (TPSA) is 32.3 Å². The summed E-state index contributed by atoms with van der Waals surface area (Å²) in [6, 6.07) is 8.92. The van der Waals surface area contributed by atoms with Gasteiger partial charge in [0.2, 0.25) is 5.91 Å². The molecule has 1 amide bonds. The van der Waals surface area contributed by atoms with E-state index in [1.54, 1.807) is 0 Å². The Morgan fingerprint density at radius 1 is 1.32 bits per heavy atom. The fourth-order valence-corrected chi connectivity index (χ4v) is 2.55. The van der Waals surface area contributed by atoms with Crippen LogP contribution in [-0.4, -0.2) is 37.0 Å². The minimum atomic E-state index is 0.180. The second kappa shape index (κ2) is 6.71. The summed E-state index contributed by atoms with van der Waals surface area (Å²) in [5.74, 6) is 0.180. The summed E-state index contributed by atoms with van der Waals surface area (Å²) in [5.41, 5.74) is 2.60. The fraction of sp³-hybridized carbons (Fsp3) is 0.562. The SMILES string of the molecule is CCc1ccc(CCC(=O)NC2CCN(C)C2)cc1. The molecule has 0 saturated carbocycles. The van der Waals surface area contributed by atoms with Crippen molar-refractivity contribution in [3.63, 3.8) is 0 Å². The molecule has 1 aliphatic rings. The zero-order valence-corrected chi connectivity index (χ0v) is 12.0. The second-order valence-corrected chi connectivity index (χ2v) is 5.49. The lowest BCUT2D eigenvalue weighted by Crippen LogP contribution is -2.36. The third-order valence-corrected chi connectivity index (χ3v) is 3.83. The average molecular weight is 260 g/mol. The van der Waals surface area contributed by atoms with E-state index in [0.717, 1.165) is 32.4 Å². The van der Waals surface area contributed by atoms with Gasteiger partial charge in [0.1, 0.15) is 0 Å². The van der Waals surface area contributed by atoms with Gasteiger partial charge in [0.25, 0.3) is 0 Å². The molecular formula is C16H24N2O. The van der Waals surface area contributed by atoms with E-state index >= 15 is 0 Å². The molecule has 2 rings (SSSR count). The van der Waals surface area contributed by atoms with Crippen LogP contribution in [0.5, 0.6) is 0 Å². The Bertz CT molecular complexity index is 413. The third kappa shape index (κ3) is 4.35. The van der Waals surface area contributed by atoms with Crippen LogP contribution in [0, 0.1) is 0 Å². The van der Waals surface area contributed by atoms with Crippen molar-refractivity contribution in [3.8, 4) is 0 Å². The van der Waals surface area contributed by atoms with Crippen LogP contribution >= 0.6 is 0 Å². The molecule has 1 atom stereocenters. The van der Waals surface area contributed by atoms with Gasteiger partial charge in [-0.3, -0.25) is 4.79 Å². The van der Waals surface area contributed by atoms with Gasteiger partial charge in [-0.15, -0.1) is 0 Å². The summed E-state index contributed by atoms with van der Waals surface area (Å²) in [4.78, 5) is 14.1. The maximum Gasteiger partial charge on any atom is 0.220 e. The molecule has 3 nitrogen and oxygen atoms in total. The van der Waals surface area contributed by atoms with E-state index in [4.69, 9.17) is 0 Å². The molecule has 3 heteroatoms. The predicted molar refractivity (Wildman–Crippen MR) is 78.2 cm³/mol. The number of amides is 1. The zero-order chi connectivity index (χ0) is 13.7. The van der Waals surface area contributed by atoms with Gasteiger partial charge in [-0.25, -0.2) is 0 Å². The molecule has 0 aliphatic carbocycles. The summed E-state index contributed by atoms with van der Waals surface area (Å²) < 4.78 is 0. The first kappa shape index (κ1) is 14.1. The largest absolute Gasteiger partial charge is 0.352 e. The number of rotatable bonds is 5. The predicted octanol–water partition coefficient (Wildman–Crippen LogP) is 2.00. The highest BCUT2D eigenvalue weighted by molar-refractivity contribution is 5.76. The molecule has 0 aromatic heterocycles. The van der Waals surface area contributed by atoms with Crippen LogP contribution < -0.4 is 5.32 Å². The number of nitrogens with one attached hydrogen (secondary N) is 1. The summed E-state index contributed by atoms with van der Waals surface area (Å²) in [5, 5.41) is 3.12. The smallest absolute Gasteiger partial charge is 0.220 e. The summed E-state index contributed by atoms with van der Waals surface area (Å²) in [7, 11) is 2.10. The number of likely N-dealkylation sites (tertiary alicyclic amines) is 1. The van der Waals surface area contributed by atoms with Crippen molar-refractivity contribution in [3.05, 3.63) is 35.4 Å². The molecule has 1 N–H and O–H groups in total. The number of aryl methyl sites for hydroxylation is 2. The molecule has 19 heavy (non-hydrogen) atoms. The van der Waals surface area contributed by atoms with Crippen molar-refractivity contribution < 1.29 is 4.79 Å². The van der Waals surface area contributed by atoms with Crippen LogP contribution in [0.25, 0.3) is 0 Å². The lowest BCUT2D eigenvalue weighted by atomic mass is 10.1. The normalized spacial score (nSPS) is 19.6. The van der Waals surface area contributed by atoms with Crippen LogP contribution in [0.3, 0.4) is 0 Å². The lowest BCUT2D eigenvalue weighted by molar-refractivity contribution is -0.121. The van der Waals surface area contributed by atoms with Crippen molar-refractivity contribution in [1.29, 1.82) is 0 Å². The molecule has 0 radical (unpaired) electrons. The molecule has 1 unspecified atom stereocenters. The Labute approximate surface area is 116 Å². The molecule has 1 heterocycles. The van der Waals surface area contributed by atoms with Gasteiger partial charge in [-0.2, -0.15) is 0 Å². The van der Waals surface area contributed by atoms with E-state index < -0.39 is 0 Å². The number of nitrogens with zero attached hydrogens (tertiary/aromatic N) is 1. The van der Waals surface area contributed by atoms with E-state index in [-0.39, 0.29) is 5.91 Å². The highest BCUT2D eigenvalue weighted by Crippen LogP contribution is 2.09. The molecule has 1 fully saturated rings. The molecule has 104 valence electrons. The second-order valence-electron chi connectivity index (χ2n) is 5.49. The van der Waals surface area contributed by atoms with Gasteiger partial charge in [-0.1, -0.05) is 31.2 Å². The Morgan fingerprint density at radius 2 is 2.00 bits per heavy atom. The van der Waals surface area contributed by atoms with Crippen LogP contribution in [0.2, 0.25) is 0 Å². The Kier molecular flexibility index (Phi) is 4.97. The zero-order valence-electron chi connectivity index (χ0n) is 12.0. The number of likely N-dealkylation sites (N-methyl/N-ethyl adjacent to an activating group) is 1.